The van der Waals surface area contributed by atoms with Crippen molar-refractivity contribution < 1.29 is 9.15 Å². The molecule has 58 valence electrons. The minimum absolute atomic E-state index is 0.109. The highest BCUT2D eigenvalue weighted by atomic mass is 16.5. The largest absolute Gasteiger partial charge is 0.467 e. The third kappa shape index (κ3) is 1.21. The zero-order valence-electron chi connectivity index (χ0n) is 6.25. The van der Waals surface area contributed by atoms with Crippen molar-refractivity contribution in [1.29, 1.82) is 0 Å². The monoisotopic (exact) mass is 150 g/mol. The first-order valence-corrected chi connectivity index (χ1v) is 3.68. The molecule has 0 radical (unpaired) electrons. The first-order chi connectivity index (χ1) is 5.36. The van der Waals surface area contributed by atoms with Crippen LogP contribution in [-0.4, -0.2) is 6.61 Å². The summed E-state index contributed by atoms with van der Waals surface area (Å²) >= 11 is 0. The van der Waals surface area contributed by atoms with Crippen molar-refractivity contribution in [2.75, 3.05) is 6.61 Å². The summed E-state index contributed by atoms with van der Waals surface area (Å²) in [6.45, 7) is 4.52. The number of ether oxygens (including phenoxy) is 1. The Balaban J connectivity index is 2.13. The molecule has 1 unspecified atom stereocenters. The molecule has 2 nitrogen and oxygen atoms in total. The molecule has 0 aromatic carbocycles. The average Bonchev–Trinajstić information content (AvgIpc) is 2.55. The van der Waals surface area contributed by atoms with Gasteiger partial charge in [-0.15, -0.1) is 0 Å². The highest BCUT2D eigenvalue weighted by Gasteiger charge is 2.22. The normalized spacial score (nSPS) is 24.4. The van der Waals surface area contributed by atoms with E-state index in [2.05, 4.69) is 6.58 Å². The molecule has 2 heteroatoms. The number of rotatable bonds is 1. The van der Waals surface area contributed by atoms with Gasteiger partial charge in [0, 0.05) is 6.42 Å². The molecule has 1 aromatic heterocycles. The van der Waals surface area contributed by atoms with Crippen molar-refractivity contribution >= 4 is 0 Å². The van der Waals surface area contributed by atoms with E-state index < -0.39 is 0 Å². The van der Waals surface area contributed by atoms with Gasteiger partial charge in [0.25, 0.3) is 0 Å². The van der Waals surface area contributed by atoms with Gasteiger partial charge in [0.05, 0.1) is 12.9 Å². The van der Waals surface area contributed by atoms with Gasteiger partial charge in [-0.2, -0.15) is 0 Å². The Labute approximate surface area is 65.5 Å². The molecule has 1 fully saturated rings. The predicted octanol–water partition coefficient (Wildman–Crippen LogP) is 2.30. The lowest BCUT2D eigenvalue weighted by Crippen LogP contribution is -1.91. The van der Waals surface area contributed by atoms with E-state index in [0.717, 1.165) is 17.8 Å². The number of furan rings is 1. The minimum atomic E-state index is 0.109. The second-order valence-corrected chi connectivity index (χ2v) is 2.77. The molecule has 1 atom stereocenters. The van der Waals surface area contributed by atoms with Gasteiger partial charge in [-0.25, -0.2) is 0 Å². The molecular weight excluding hydrogens is 140 g/mol. The molecule has 0 bridgehead atoms. The van der Waals surface area contributed by atoms with Crippen LogP contribution in [-0.2, 0) is 4.74 Å². The quantitative estimate of drug-likeness (QED) is 0.573. The van der Waals surface area contributed by atoms with Gasteiger partial charge in [0.15, 0.2) is 0 Å². The fourth-order valence-electron chi connectivity index (χ4n) is 1.26. The predicted molar refractivity (Wildman–Crippen MR) is 41.2 cm³/mol. The van der Waals surface area contributed by atoms with Gasteiger partial charge in [-0.1, -0.05) is 6.58 Å². The van der Waals surface area contributed by atoms with Gasteiger partial charge >= 0.3 is 0 Å². The lowest BCUT2D eigenvalue weighted by Gasteiger charge is -2.02. The van der Waals surface area contributed by atoms with E-state index in [4.69, 9.17) is 9.15 Å². The summed E-state index contributed by atoms with van der Waals surface area (Å²) in [6.07, 6.45) is 2.67. The lowest BCUT2D eigenvalue weighted by atomic mass is 10.1. The van der Waals surface area contributed by atoms with Crippen molar-refractivity contribution in [3.05, 3.63) is 36.3 Å². The van der Waals surface area contributed by atoms with Crippen LogP contribution in [0.1, 0.15) is 18.3 Å². The number of hydrogen-bond acceptors (Lipinski definition) is 2. The average molecular weight is 150 g/mol. The molecule has 1 aliphatic heterocycles. The summed E-state index contributed by atoms with van der Waals surface area (Å²) in [7, 11) is 0. The summed E-state index contributed by atoms with van der Waals surface area (Å²) < 4.78 is 10.6. The summed E-state index contributed by atoms with van der Waals surface area (Å²) in [5, 5.41) is 0. The summed E-state index contributed by atoms with van der Waals surface area (Å²) in [6, 6.07) is 3.81. The van der Waals surface area contributed by atoms with Crippen LogP contribution in [0.3, 0.4) is 0 Å². The molecule has 0 spiro atoms. The molecule has 1 aromatic rings. The molecule has 0 amide bonds. The summed E-state index contributed by atoms with van der Waals surface area (Å²) in [4.78, 5) is 0. The zero-order chi connectivity index (χ0) is 7.68. The van der Waals surface area contributed by atoms with Crippen molar-refractivity contribution in [3.8, 4) is 0 Å². The maximum atomic E-state index is 5.42. The molecular formula is C9H10O2. The van der Waals surface area contributed by atoms with Crippen LogP contribution in [0, 0.1) is 0 Å². The first kappa shape index (κ1) is 6.68. The SMILES string of the molecule is C=C1COC(c2ccco2)C1. The van der Waals surface area contributed by atoms with Gasteiger partial charge in [0.1, 0.15) is 11.9 Å². The highest BCUT2D eigenvalue weighted by molar-refractivity contribution is 5.11. The fraction of sp³-hybridized carbons (Fsp3) is 0.333. The molecule has 1 saturated heterocycles. The van der Waals surface area contributed by atoms with Crippen LogP contribution in [0.5, 0.6) is 0 Å². The van der Waals surface area contributed by atoms with Gasteiger partial charge in [-0.05, 0) is 17.7 Å². The van der Waals surface area contributed by atoms with E-state index in [1.165, 1.54) is 0 Å². The van der Waals surface area contributed by atoms with Crippen molar-refractivity contribution in [2.24, 2.45) is 0 Å². The van der Waals surface area contributed by atoms with Crippen molar-refractivity contribution in [1.82, 2.24) is 0 Å². The highest BCUT2D eigenvalue weighted by Crippen LogP contribution is 2.30. The van der Waals surface area contributed by atoms with Crippen LogP contribution in [0.4, 0.5) is 0 Å². The van der Waals surface area contributed by atoms with Gasteiger partial charge in [-0.3, -0.25) is 0 Å². The van der Waals surface area contributed by atoms with E-state index in [1.54, 1.807) is 6.26 Å². The number of hydrogen-bond donors (Lipinski definition) is 0. The lowest BCUT2D eigenvalue weighted by molar-refractivity contribution is 0.0957. The second-order valence-electron chi connectivity index (χ2n) is 2.77. The second kappa shape index (κ2) is 2.55. The molecule has 1 aliphatic rings. The fourth-order valence-corrected chi connectivity index (χ4v) is 1.26. The van der Waals surface area contributed by atoms with Crippen molar-refractivity contribution in [3.63, 3.8) is 0 Å². The molecule has 11 heavy (non-hydrogen) atoms. The molecule has 2 rings (SSSR count). The Morgan fingerprint density at radius 2 is 2.45 bits per heavy atom. The standard InChI is InChI=1S/C9H10O2/c1-7-5-9(11-6-7)8-3-2-4-10-8/h2-4,9H,1,5-6H2. The summed E-state index contributed by atoms with van der Waals surface area (Å²) in [5.41, 5.74) is 1.14. The molecule has 0 saturated carbocycles. The minimum Gasteiger partial charge on any atom is -0.467 e. The van der Waals surface area contributed by atoms with Crippen molar-refractivity contribution in [2.45, 2.75) is 12.5 Å². The van der Waals surface area contributed by atoms with Gasteiger partial charge in [0.2, 0.25) is 0 Å². The third-order valence-corrected chi connectivity index (χ3v) is 1.82. The van der Waals surface area contributed by atoms with E-state index in [0.29, 0.717) is 6.61 Å². The Hall–Kier alpha value is -1.02. The maximum absolute atomic E-state index is 5.42. The molecule has 0 aliphatic carbocycles. The van der Waals surface area contributed by atoms with Gasteiger partial charge < -0.3 is 9.15 Å². The third-order valence-electron chi connectivity index (χ3n) is 1.82. The Morgan fingerprint density at radius 3 is 3.00 bits per heavy atom. The van der Waals surface area contributed by atoms with E-state index in [1.807, 2.05) is 12.1 Å². The molecule has 0 N–H and O–H groups in total. The van der Waals surface area contributed by atoms with E-state index in [-0.39, 0.29) is 6.10 Å². The Bertz CT molecular complexity index is 249. The van der Waals surface area contributed by atoms with Crippen LogP contribution in [0.25, 0.3) is 0 Å². The first-order valence-electron chi connectivity index (χ1n) is 3.68. The summed E-state index contributed by atoms with van der Waals surface area (Å²) in [5.74, 6) is 0.906. The van der Waals surface area contributed by atoms with Crippen LogP contribution in [0.15, 0.2) is 35.0 Å². The van der Waals surface area contributed by atoms with Crippen LogP contribution < -0.4 is 0 Å². The van der Waals surface area contributed by atoms with Crippen LogP contribution in [0.2, 0.25) is 0 Å². The Morgan fingerprint density at radius 1 is 1.55 bits per heavy atom. The van der Waals surface area contributed by atoms with Crippen LogP contribution >= 0.6 is 0 Å². The maximum Gasteiger partial charge on any atom is 0.132 e. The molecule has 2 heterocycles. The van der Waals surface area contributed by atoms with E-state index >= 15 is 0 Å². The Kier molecular flexibility index (Phi) is 1.55. The topological polar surface area (TPSA) is 22.4 Å². The zero-order valence-corrected chi connectivity index (χ0v) is 6.25. The smallest absolute Gasteiger partial charge is 0.132 e. The van der Waals surface area contributed by atoms with E-state index in [9.17, 15) is 0 Å².